The first-order chi connectivity index (χ1) is 10.5. The first kappa shape index (κ1) is 17.7. The van der Waals surface area contributed by atoms with Crippen LogP contribution in [0.1, 0.15) is 52.9 Å². The summed E-state index contributed by atoms with van der Waals surface area (Å²) in [6.07, 6.45) is 5.55. The van der Waals surface area contributed by atoms with Crippen molar-refractivity contribution in [3.05, 3.63) is 0 Å². The number of rotatable bonds is 6. The van der Waals surface area contributed by atoms with Crippen LogP contribution in [0, 0.1) is 17.8 Å². The summed E-state index contributed by atoms with van der Waals surface area (Å²) in [7, 11) is 0. The largest absolute Gasteiger partial charge is 0.352 e. The lowest BCUT2D eigenvalue weighted by Gasteiger charge is -2.36. The summed E-state index contributed by atoms with van der Waals surface area (Å²) in [5.74, 6) is 2.55. The second kappa shape index (κ2) is 8.88. The van der Waals surface area contributed by atoms with Crippen LogP contribution < -0.4 is 10.6 Å². The van der Waals surface area contributed by atoms with Gasteiger partial charge < -0.3 is 15.5 Å². The van der Waals surface area contributed by atoms with E-state index in [2.05, 4.69) is 36.3 Å². The molecule has 1 amide bonds. The summed E-state index contributed by atoms with van der Waals surface area (Å²) < 4.78 is 0. The zero-order valence-electron chi connectivity index (χ0n) is 14.7. The molecule has 0 aromatic rings. The van der Waals surface area contributed by atoms with Crippen molar-refractivity contribution in [2.45, 2.75) is 58.9 Å². The van der Waals surface area contributed by atoms with Crippen LogP contribution in [0.4, 0.5) is 0 Å². The minimum Gasteiger partial charge on any atom is -0.352 e. The van der Waals surface area contributed by atoms with Crippen molar-refractivity contribution in [3.8, 4) is 0 Å². The zero-order chi connectivity index (χ0) is 15.9. The Labute approximate surface area is 136 Å². The molecule has 0 aromatic heterocycles. The number of nitrogens with zero attached hydrogens (tertiary/aromatic N) is 1. The Bertz CT molecular complexity index is 331. The molecule has 0 spiro atoms. The van der Waals surface area contributed by atoms with Crippen LogP contribution in [0.5, 0.6) is 0 Å². The molecule has 0 aromatic carbocycles. The molecule has 2 N–H and O–H groups in total. The van der Waals surface area contributed by atoms with Crippen molar-refractivity contribution in [2.75, 3.05) is 32.7 Å². The Balaban J connectivity index is 1.63. The van der Waals surface area contributed by atoms with Gasteiger partial charge in [-0.2, -0.15) is 0 Å². The number of hydrogen-bond acceptors (Lipinski definition) is 3. The molecule has 2 fully saturated rings. The van der Waals surface area contributed by atoms with Crippen molar-refractivity contribution >= 4 is 5.91 Å². The average Bonchev–Trinajstić information content (AvgIpc) is 2.45. The quantitative estimate of drug-likeness (QED) is 0.791. The Kier molecular flexibility index (Phi) is 7.16. The minimum absolute atomic E-state index is 0.240. The van der Waals surface area contributed by atoms with E-state index in [9.17, 15) is 4.79 Å². The van der Waals surface area contributed by atoms with Crippen LogP contribution in [0.25, 0.3) is 0 Å². The fourth-order valence-electron chi connectivity index (χ4n) is 4.23. The number of carbonyl (C=O) groups excluding carboxylic acids is 1. The summed E-state index contributed by atoms with van der Waals surface area (Å²) in [6, 6.07) is 0.262. The summed E-state index contributed by atoms with van der Waals surface area (Å²) in [6.45, 7) is 12.4. The third-order valence-corrected chi connectivity index (χ3v) is 5.12. The van der Waals surface area contributed by atoms with Gasteiger partial charge in [0, 0.05) is 32.1 Å². The first-order valence-corrected chi connectivity index (χ1v) is 9.25. The van der Waals surface area contributed by atoms with Gasteiger partial charge in [0.25, 0.3) is 0 Å². The molecule has 2 saturated heterocycles. The Morgan fingerprint density at radius 2 is 1.86 bits per heavy atom. The van der Waals surface area contributed by atoms with Crippen molar-refractivity contribution in [1.29, 1.82) is 0 Å². The summed E-state index contributed by atoms with van der Waals surface area (Å²) >= 11 is 0. The standard InChI is InChI=1S/C18H35N3O/c1-14-10-15(2)12-21(11-14)13-16(3)20-18(22)5-4-17-6-8-19-9-7-17/h14-17,19H,4-13H2,1-3H3,(H,20,22). The molecule has 0 aliphatic carbocycles. The molecule has 4 nitrogen and oxygen atoms in total. The number of likely N-dealkylation sites (tertiary alicyclic amines) is 1. The van der Waals surface area contributed by atoms with Gasteiger partial charge in [-0.3, -0.25) is 4.79 Å². The number of amides is 1. The van der Waals surface area contributed by atoms with Gasteiger partial charge in [-0.1, -0.05) is 13.8 Å². The van der Waals surface area contributed by atoms with Gasteiger partial charge in [-0.15, -0.1) is 0 Å². The molecule has 22 heavy (non-hydrogen) atoms. The normalized spacial score (nSPS) is 29.2. The van der Waals surface area contributed by atoms with Crippen LogP contribution in [-0.2, 0) is 4.79 Å². The Hall–Kier alpha value is -0.610. The van der Waals surface area contributed by atoms with E-state index in [4.69, 9.17) is 0 Å². The first-order valence-electron chi connectivity index (χ1n) is 9.25. The molecule has 3 atom stereocenters. The van der Waals surface area contributed by atoms with E-state index in [1.54, 1.807) is 0 Å². The smallest absolute Gasteiger partial charge is 0.220 e. The maximum atomic E-state index is 12.1. The van der Waals surface area contributed by atoms with Crippen molar-refractivity contribution in [3.63, 3.8) is 0 Å². The molecule has 0 saturated carbocycles. The molecule has 0 bridgehead atoms. The maximum Gasteiger partial charge on any atom is 0.220 e. The van der Waals surface area contributed by atoms with Crippen LogP contribution in [-0.4, -0.2) is 49.6 Å². The Morgan fingerprint density at radius 3 is 2.50 bits per heavy atom. The summed E-state index contributed by atoms with van der Waals surface area (Å²) in [5.41, 5.74) is 0. The molecule has 128 valence electrons. The molecular formula is C18H35N3O. The van der Waals surface area contributed by atoms with Crippen LogP contribution in [0.3, 0.4) is 0 Å². The van der Waals surface area contributed by atoms with E-state index in [1.807, 2.05) is 0 Å². The van der Waals surface area contributed by atoms with E-state index in [1.165, 1.54) is 32.4 Å². The zero-order valence-corrected chi connectivity index (χ0v) is 14.7. The molecule has 4 heteroatoms. The number of nitrogens with one attached hydrogen (secondary N) is 2. The fourth-order valence-corrected chi connectivity index (χ4v) is 4.23. The highest BCUT2D eigenvalue weighted by molar-refractivity contribution is 5.76. The van der Waals surface area contributed by atoms with E-state index in [0.29, 0.717) is 6.42 Å². The van der Waals surface area contributed by atoms with E-state index >= 15 is 0 Å². The SMILES string of the molecule is CC1CC(C)CN(CC(C)NC(=O)CCC2CCNCC2)C1. The molecular weight excluding hydrogens is 274 g/mol. The summed E-state index contributed by atoms with van der Waals surface area (Å²) in [4.78, 5) is 14.6. The Morgan fingerprint density at radius 1 is 1.23 bits per heavy atom. The molecule has 2 rings (SSSR count). The lowest BCUT2D eigenvalue weighted by molar-refractivity contribution is -0.122. The third-order valence-electron chi connectivity index (χ3n) is 5.12. The second-order valence-electron chi connectivity index (χ2n) is 7.87. The second-order valence-corrected chi connectivity index (χ2v) is 7.87. The fraction of sp³-hybridized carbons (Fsp3) is 0.944. The van der Waals surface area contributed by atoms with Crippen molar-refractivity contribution in [1.82, 2.24) is 15.5 Å². The van der Waals surface area contributed by atoms with Crippen molar-refractivity contribution in [2.24, 2.45) is 17.8 Å². The third kappa shape index (κ3) is 6.25. The molecule has 2 heterocycles. The van der Waals surface area contributed by atoms with Gasteiger partial charge in [-0.25, -0.2) is 0 Å². The maximum absolute atomic E-state index is 12.1. The molecule has 3 unspecified atom stereocenters. The van der Waals surface area contributed by atoms with Gasteiger partial charge in [0.2, 0.25) is 5.91 Å². The molecule has 2 aliphatic rings. The van der Waals surface area contributed by atoms with Crippen molar-refractivity contribution < 1.29 is 4.79 Å². The van der Waals surface area contributed by atoms with E-state index in [-0.39, 0.29) is 11.9 Å². The monoisotopic (exact) mass is 309 g/mol. The molecule has 2 aliphatic heterocycles. The highest BCUT2D eigenvalue weighted by Crippen LogP contribution is 2.21. The van der Waals surface area contributed by atoms with E-state index < -0.39 is 0 Å². The van der Waals surface area contributed by atoms with Gasteiger partial charge in [0.05, 0.1) is 0 Å². The van der Waals surface area contributed by atoms with E-state index in [0.717, 1.165) is 43.8 Å². The highest BCUT2D eigenvalue weighted by atomic mass is 16.1. The molecule has 0 radical (unpaired) electrons. The van der Waals surface area contributed by atoms with Crippen LogP contribution >= 0.6 is 0 Å². The van der Waals surface area contributed by atoms with Crippen LogP contribution in [0.2, 0.25) is 0 Å². The lowest BCUT2D eigenvalue weighted by atomic mass is 9.91. The highest BCUT2D eigenvalue weighted by Gasteiger charge is 2.23. The average molecular weight is 309 g/mol. The van der Waals surface area contributed by atoms with Gasteiger partial charge >= 0.3 is 0 Å². The minimum atomic E-state index is 0.240. The number of hydrogen-bond donors (Lipinski definition) is 2. The number of piperidine rings is 2. The van der Waals surface area contributed by atoms with Gasteiger partial charge in [0.15, 0.2) is 0 Å². The predicted octanol–water partition coefficient (Wildman–Crippen LogP) is 2.25. The van der Waals surface area contributed by atoms with Crippen LogP contribution in [0.15, 0.2) is 0 Å². The summed E-state index contributed by atoms with van der Waals surface area (Å²) in [5, 5.41) is 6.58. The van der Waals surface area contributed by atoms with Gasteiger partial charge in [0.1, 0.15) is 0 Å². The lowest BCUT2D eigenvalue weighted by Crippen LogP contribution is -2.47. The predicted molar refractivity (Wildman–Crippen MR) is 91.8 cm³/mol. The van der Waals surface area contributed by atoms with Gasteiger partial charge in [-0.05, 0) is 63.5 Å². The topological polar surface area (TPSA) is 44.4 Å². The number of carbonyl (C=O) groups is 1.